The second-order valence-corrected chi connectivity index (χ2v) is 8.07. The van der Waals surface area contributed by atoms with Crippen molar-refractivity contribution >= 4 is 54.6 Å². The molecule has 0 unspecified atom stereocenters. The molecule has 0 aliphatic heterocycles. The summed E-state index contributed by atoms with van der Waals surface area (Å²) in [6.07, 6.45) is 0. The highest BCUT2D eigenvalue weighted by atomic mass is 35.5. The zero-order valence-electron chi connectivity index (χ0n) is 8.60. The molecule has 5 heteroatoms. The topological polar surface area (TPSA) is 0 Å². The molecule has 0 saturated heterocycles. The smallest absolute Gasteiger partial charge is 0.0417 e. The van der Waals surface area contributed by atoms with Gasteiger partial charge in [0.15, 0.2) is 0 Å². The molecule has 2 aromatic rings. The Morgan fingerprint density at radius 1 is 0.706 bits per heavy atom. The maximum absolute atomic E-state index is 5.91. The van der Waals surface area contributed by atoms with Gasteiger partial charge in [-0.1, -0.05) is 35.3 Å². The van der Waals surface area contributed by atoms with E-state index in [4.69, 9.17) is 23.2 Å². The van der Waals surface area contributed by atoms with E-state index in [0.717, 1.165) is 19.8 Å². The van der Waals surface area contributed by atoms with Crippen LogP contribution in [0, 0.1) is 0 Å². The average Bonchev–Trinajstić information content (AvgIpc) is 2.29. The molecule has 0 bridgehead atoms. The summed E-state index contributed by atoms with van der Waals surface area (Å²) in [5.41, 5.74) is 0. The van der Waals surface area contributed by atoms with Gasteiger partial charge in [0.25, 0.3) is 0 Å². The van der Waals surface area contributed by atoms with Gasteiger partial charge >= 0.3 is 0 Å². The van der Waals surface area contributed by atoms with E-state index in [2.05, 4.69) is 0 Å². The predicted molar refractivity (Wildman–Crippen MR) is 82.2 cm³/mol. The summed E-state index contributed by atoms with van der Waals surface area (Å²) in [4.78, 5) is 2.30. The van der Waals surface area contributed by atoms with Crippen LogP contribution in [-0.4, -0.2) is 0 Å². The molecule has 0 heterocycles. The highest BCUT2D eigenvalue weighted by Gasteiger charge is 1.99. The zero-order chi connectivity index (χ0) is 12.1. The lowest BCUT2D eigenvalue weighted by Crippen LogP contribution is -1.68. The average molecular weight is 319 g/mol. The number of halogens is 2. The van der Waals surface area contributed by atoms with Gasteiger partial charge in [0.05, 0.1) is 0 Å². The first-order valence-electron chi connectivity index (χ1n) is 4.76. The predicted octanol–water partition coefficient (Wildman–Crippen LogP) is 6.44. The highest BCUT2D eigenvalue weighted by Crippen LogP contribution is 2.44. The summed E-state index contributed by atoms with van der Waals surface area (Å²) in [5, 5.41) is 1.53. The Balaban J connectivity index is 1.87. The molecule has 0 spiro atoms. The molecule has 88 valence electrons. The van der Waals surface area contributed by atoms with Crippen molar-refractivity contribution in [3.8, 4) is 0 Å². The van der Waals surface area contributed by atoms with Crippen LogP contribution in [0.25, 0.3) is 0 Å². The Bertz CT molecular complexity index is 457. The van der Waals surface area contributed by atoms with E-state index < -0.39 is 0 Å². The first-order valence-corrected chi connectivity index (χ1v) is 9.00. The molecule has 0 amide bonds. The Kier molecular flexibility index (Phi) is 5.45. The highest BCUT2D eigenvalue weighted by molar-refractivity contribution is 9.09. The van der Waals surface area contributed by atoms with Crippen molar-refractivity contribution in [3.05, 3.63) is 58.6 Å². The lowest BCUT2D eigenvalue weighted by atomic mass is 10.4. The minimum Gasteiger partial charge on any atom is -0.0843 e. The van der Waals surface area contributed by atoms with Crippen LogP contribution in [-0.2, 0) is 0 Å². The van der Waals surface area contributed by atoms with Gasteiger partial charge in [0, 0.05) is 19.8 Å². The summed E-state index contributed by atoms with van der Waals surface area (Å²) in [5.74, 6) is 0. The van der Waals surface area contributed by atoms with E-state index in [-0.39, 0.29) is 0 Å². The maximum atomic E-state index is 5.91. The van der Waals surface area contributed by atoms with E-state index in [1.54, 1.807) is 31.4 Å². The van der Waals surface area contributed by atoms with E-state index in [1.165, 1.54) is 0 Å². The Morgan fingerprint density at radius 3 is 1.59 bits per heavy atom. The fourth-order valence-corrected chi connectivity index (χ4v) is 5.37. The molecule has 0 radical (unpaired) electrons. The van der Waals surface area contributed by atoms with Gasteiger partial charge in [-0.2, -0.15) is 0 Å². The summed E-state index contributed by atoms with van der Waals surface area (Å²) < 4.78 is 0. The minimum absolute atomic E-state index is 0.767. The summed E-state index contributed by atoms with van der Waals surface area (Å²) in [7, 11) is 5.07. The first kappa shape index (κ1) is 13.5. The third-order valence-electron chi connectivity index (χ3n) is 1.85. The van der Waals surface area contributed by atoms with E-state index in [9.17, 15) is 0 Å². The number of hydrogen-bond donors (Lipinski definition) is 0. The molecule has 17 heavy (non-hydrogen) atoms. The van der Waals surface area contributed by atoms with Crippen molar-refractivity contribution in [1.29, 1.82) is 0 Å². The van der Waals surface area contributed by atoms with Crippen LogP contribution in [0.1, 0.15) is 0 Å². The maximum Gasteiger partial charge on any atom is 0.0417 e. The van der Waals surface area contributed by atoms with Crippen molar-refractivity contribution in [2.75, 3.05) is 0 Å². The standard InChI is InChI=1S/C12H8Cl2S3/c13-9-3-1-5-11(7-9)15-17-16-12-6-2-4-10(14)8-12/h1-8H. The summed E-state index contributed by atoms with van der Waals surface area (Å²) in [6, 6.07) is 15.7. The fraction of sp³-hybridized carbons (Fsp3) is 0. The molecule has 0 nitrogen and oxygen atoms in total. The molecular weight excluding hydrogens is 311 g/mol. The normalized spacial score (nSPS) is 10.5. The molecular formula is C12H8Cl2S3. The van der Waals surface area contributed by atoms with Gasteiger partial charge < -0.3 is 0 Å². The molecule has 2 aromatic carbocycles. The van der Waals surface area contributed by atoms with Gasteiger partial charge in [0.1, 0.15) is 0 Å². The second kappa shape index (κ2) is 6.86. The van der Waals surface area contributed by atoms with Gasteiger partial charge in [-0.05, 0) is 67.8 Å². The molecule has 0 aliphatic rings. The minimum atomic E-state index is 0.767. The number of benzene rings is 2. The van der Waals surface area contributed by atoms with Crippen molar-refractivity contribution in [3.63, 3.8) is 0 Å². The molecule has 0 atom stereocenters. The van der Waals surface area contributed by atoms with Crippen LogP contribution in [0.15, 0.2) is 58.3 Å². The van der Waals surface area contributed by atoms with Crippen LogP contribution in [0.2, 0.25) is 10.0 Å². The second-order valence-electron chi connectivity index (χ2n) is 3.15. The Morgan fingerprint density at radius 2 is 1.18 bits per heavy atom. The Hall–Kier alpha value is 0.0700. The fourth-order valence-electron chi connectivity index (χ4n) is 1.13. The van der Waals surface area contributed by atoms with Crippen molar-refractivity contribution in [2.45, 2.75) is 9.79 Å². The van der Waals surface area contributed by atoms with Crippen molar-refractivity contribution < 1.29 is 0 Å². The molecule has 0 N–H and O–H groups in total. The number of rotatable bonds is 4. The van der Waals surface area contributed by atoms with Crippen LogP contribution in [0.3, 0.4) is 0 Å². The number of hydrogen-bond acceptors (Lipinski definition) is 3. The lowest BCUT2D eigenvalue weighted by molar-refractivity contribution is 1.48. The van der Waals surface area contributed by atoms with Crippen LogP contribution < -0.4 is 0 Å². The first-order chi connectivity index (χ1) is 8.24. The van der Waals surface area contributed by atoms with E-state index >= 15 is 0 Å². The van der Waals surface area contributed by atoms with Crippen molar-refractivity contribution in [1.82, 2.24) is 0 Å². The SMILES string of the molecule is Clc1cccc(SSSc2cccc(Cl)c2)c1. The van der Waals surface area contributed by atoms with E-state index in [1.807, 2.05) is 48.5 Å². The quantitative estimate of drug-likeness (QED) is 0.595. The largest absolute Gasteiger partial charge is 0.0843 e. The van der Waals surface area contributed by atoms with Crippen LogP contribution in [0.4, 0.5) is 0 Å². The zero-order valence-corrected chi connectivity index (χ0v) is 12.6. The summed E-state index contributed by atoms with van der Waals surface area (Å²) >= 11 is 11.8. The van der Waals surface area contributed by atoms with Crippen LogP contribution in [0.5, 0.6) is 0 Å². The molecule has 0 saturated carbocycles. The molecule has 0 aliphatic carbocycles. The Labute approximate surface area is 122 Å². The van der Waals surface area contributed by atoms with Gasteiger partial charge in [-0.15, -0.1) is 0 Å². The molecule has 2 rings (SSSR count). The lowest BCUT2D eigenvalue weighted by Gasteiger charge is -2.01. The van der Waals surface area contributed by atoms with Gasteiger partial charge in [0.2, 0.25) is 0 Å². The van der Waals surface area contributed by atoms with E-state index in [0.29, 0.717) is 0 Å². The van der Waals surface area contributed by atoms with Crippen LogP contribution >= 0.6 is 54.6 Å². The van der Waals surface area contributed by atoms with Gasteiger partial charge in [-0.3, -0.25) is 0 Å². The molecule has 0 aromatic heterocycles. The molecule has 0 fully saturated rings. The third-order valence-corrected chi connectivity index (χ3v) is 6.14. The van der Waals surface area contributed by atoms with Crippen molar-refractivity contribution in [2.24, 2.45) is 0 Å². The van der Waals surface area contributed by atoms with Gasteiger partial charge in [-0.25, -0.2) is 0 Å². The summed E-state index contributed by atoms with van der Waals surface area (Å²) in [6.45, 7) is 0. The monoisotopic (exact) mass is 318 g/mol. The third kappa shape index (κ3) is 4.68.